The van der Waals surface area contributed by atoms with E-state index in [1.54, 1.807) is 0 Å². The molecule has 0 fully saturated rings. The number of nitrogens with zero attached hydrogens (tertiary/aromatic N) is 1. The fraction of sp³-hybridized carbons (Fsp3) is 0.0909. The highest BCUT2D eigenvalue weighted by atomic mass is 35.5. The standard InChI is InChI=1S/C11H5ClF3NO2/c12-8-5-3-1-2-4-6(5)16-9(10(17)18)7(8)11(13,14)15/h1-4H,(H,17,18). The molecule has 0 unspecified atom stereocenters. The number of hydrogen-bond acceptors (Lipinski definition) is 2. The van der Waals surface area contributed by atoms with Gasteiger partial charge in [0.05, 0.1) is 10.5 Å². The van der Waals surface area contributed by atoms with E-state index in [1.165, 1.54) is 24.3 Å². The van der Waals surface area contributed by atoms with E-state index in [2.05, 4.69) is 4.98 Å². The molecule has 0 aliphatic rings. The van der Waals surface area contributed by atoms with E-state index in [1.807, 2.05) is 0 Å². The molecule has 94 valence electrons. The van der Waals surface area contributed by atoms with E-state index < -0.39 is 28.4 Å². The van der Waals surface area contributed by atoms with Gasteiger partial charge in [0.1, 0.15) is 5.56 Å². The normalized spacial score (nSPS) is 11.8. The third-order valence-electron chi connectivity index (χ3n) is 2.32. The second kappa shape index (κ2) is 4.13. The number of halogens is 4. The van der Waals surface area contributed by atoms with Gasteiger partial charge in [0.2, 0.25) is 0 Å². The molecule has 18 heavy (non-hydrogen) atoms. The van der Waals surface area contributed by atoms with Crippen molar-refractivity contribution in [1.29, 1.82) is 0 Å². The summed E-state index contributed by atoms with van der Waals surface area (Å²) < 4.78 is 38.4. The molecule has 0 saturated carbocycles. The monoisotopic (exact) mass is 275 g/mol. The highest BCUT2D eigenvalue weighted by Crippen LogP contribution is 2.39. The van der Waals surface area contributed by atoms with Gasteiger partial charge in [-0.3, -0.25) is 0 Å². The van der Waals surface area contributed by atoms with Crippen LogP contribution < -0.4 is 0 Å². The van der Waals surface area contributed by atoms with Crippen LogP contribution in [0.2, 0.25) is 5.02 Å². The molecule has 2 aromatic rings. The number of carboxylic acid groups (broad SMARTS) is 1. The van der Waals surface area contributed by atoms with Crippen LogP contribution in [-0.2, 0) is 6.18 Å². The molecule has 0 spiro atoms. The maximum atomic E-state index is 12.8. The number of aromatic nitrogens is 1. The van der Waals surface area contributed by atoms with Gasteiger partial charge in [0, 0.05) is 5.39 Å². The summed E-state index contributed by atoms with van der Waals surface area (Å²) in [4.78, 5) is 14.3. The minimum absolute atomic E-state index is 0.0662. The van der Waals surface area contributed by atoms with Crippen LogP contribution in [0, 0.1) is 0 Å². The smallest absolute Gasteiger partial charge is 0.420 e. The number of carbonyl (C=O) groups is 1. The minimum atomic E-state index is -4.87. The Balaban J connectivity index is 2.93. The number of rotatable bonds is 1. The largest absolute Gasteiger partial charge is 0.476 e. The summed E-state index contributed by atoms with van der Waals surface area (Å²) in [5.41, 5.74) is -2.41. The molecule has 0 aliphatic carbocycles. The molecule has 0 saturated heterocycles. The van der Waals surface area contributed by atoms with Crippen LogP contribution in [0.4, 0.5) is 13.2 Å². The predicted octanol–water partition coefficient (Wildman–Crippen LogP) is 3.61. The second-order valence-electron chi connectivity index (χ2n) is 3.47. The summed E-state index contributed by atoms with van der Waals surface area (Å²) in [5.74, 6) is -1.77. The first-order chi connectivity index (χ1) is 8.32. The molecule has 0 bridgehead atoms. The summed E-state index contributed by atoms with van der Waals surface area (Å²) in [6.45, 7) is 0. The van der Waals surface area contributed by atoms with E-state index in [9.17, 15) is 18.0 Å². The Morgan fingerprint density at radius 1 is 1.28 bits per heavy atom. The Morgan fingerprint density at radius 2 is 1.89 bits per heavy atom. The number of carboxylic acids is 1. The van der Waals surface area contributed by atoms with Crippen molar-refractivity contribution in [2.45, 2.75) is 6.18 Å². The van der Waals surface area contributed by atoms with E-state index in [0.717, 1.165) is 0 Å². The van der Waals surface area contributed by atoms with Crippen LogP contribution >= 0.6 is 11.6 Å². The van der Waals surface area contributed by atoms with Crippen molar-refractivity contribution in [3.8, 4) is 0 Å². The van der Waals surface area contributed by atoms with Crippen molar-refractivity contribution < 1.29 is 23.1 Å². The molecule has 3 nitrogen and oxygen atoms in total. The maximum Gasteiger partial charge on any atom is 0.420 e. The summed E-state index contributed by atoms with van der Waals surface area (Å²) in [5, 5.41) is 8.21. The van der Waals surface area contributed by atoms with Gasteiger partial charge < -0.3 is 5.11 Å². The summed E-state index contributed by atoms with van der Waals surface area (Å²) in [7, 11) is 0. The van der Waals surface area contributed by atoms with Gasteiger partial charge in [0.25, 0.3) is 0 Å². The minimum Gasteiger partial charge on any atom is -0.476 e. The van der Waals surface area contributed by atoms with Crippen molar-refractivity contribution in [2.24, 2.45) is 0 Å². The van der Waals surface area contributed by atoms with Crippen molar-refractivity contribution in [3.05, 3.63) is 40.5 Å². The molecule has 1 N–H and O–H groups in total. The lowest BCUT2D eigenvalue weighted by Gasteiger charge is -2.13. The molecule has 1 aromatic heterocycles. The van der Waals surface area contributed by atoms with Crippen LogP contribution in [0.5, 0.6) is 0 Å². The van der Waals surface area contributed by atoms with Gasteiger partial charge in [0.15, 0.2) is 5.69 Å². The zero-order valence-corrected chi connectivity index (χ0v) is 9.38. The quantitative estimate of drug-likeness (QED) is 0.865. The highest BCUT2D eigenvalue weighted by Gasteiger charge is 2.39. The van der Waals surface area contributed by atoms with Crippen LogP contribution in [0.15, 0.2) is 24.3 Å². The first-order valence-electron chi connectivity index (χ1n) is 4.71. The lowest BCUT2D eigenvalue weighted by molar-refractivity contribution is -0.138. The number of para-hydroxylation sites is 1. The molecule has 0 amide bonds. The lowest BCUT2D eigenvalue weighted by Crippen LogP contribution is -2.16. The third kappa shape index (κ3) is 1.99. The number of pyridine rings is 1. The number of benzene rings is 1. The topological polar surface area (TPSA) is 50.2 Å². The Morgan fingerprint density at radius 3 is 2.44 bits per heavy atom. The molecular weight excluding hydrogens is 271 g/mol. The highest BCUT2D eigenvalue weighted by molar-refractivity contribution is 6.36. The van der Waals surface area contributed by atoms with Crippen LogP contribution in [0.1, 0.15) is 16.1 Å². The van der Waals surface area contributed by atoms with E-state index >= 15 is 0 Å². The molecular formula is C11H5ClF3NO2. The fourth-order valence-electron chi connectivity index (χ4n) is 1.59. The molecule has 0 radical (unpaired) electrons. The first kappa shape index (κ1) is 12.6. The Kier molecular flexibility index (Phi) is 2.90. The fourth-order valence-corrected chi connectivity index (χ4v) is 1.94. The maximum absolute atomic E-state index is 12.8. The van der Waals surface area contributed by atoms with E-state index in [0.29, 0.717) is 0 Å². The molecule has 1 heterocycles. The average molecular weight is 276 g/mol. The first-order valence-corrected chi connectivity index (χ1v) is 5.09. The zero-order valence-electron chi connectivity index (χ0n) is 8.62. The van der Waals surface area contributed by atoms with E-state index in [-0.39, 0.29) is 10.9 Å². The number of alkyl halides is 3. The predicted molar refractivity (Wildman–Crippen MR) is 58.7 cm³/mol. The van der Waals surface area contributed by atoms with Crippen molar-refractivity contribution in [2.75, 3.05) is 0 Å². The van der Waals surface area contributed by atoms with Gasteiger partial charge in [-0.2, -0.15) is 13.2 Å². The number of aromatic carboxylic acids is 1. The average Bonchev–Trinajstić information content (AvgIpc) is 2.27. The number of hydrogen-bond donors (Lipinski definition) is 1. The van der Waals surface area contributed by atoms with Crippen molar-refractivity contribution in [1.82, 2.24) is 4.98 Å². The van der Waals surface area contributed by atoms with Gasteiger partial charge in [-0.1, -0.05) is 29.8 Å². The Bertz CT molecular complexity index is 640. The zero-order chi connectivity index (χ0) is 13.5. The van der Waals surface area contributed by atoms with Crippen LogP contribution in [-0.4, -0.2) is 16.1 Å². The van der Waals surface area contributed by atoms with E-state index in [4.69, 9.17) is 16.7 Å². The van der Waals surface area contributed by atoms with Crippen LogP contribution in [0.3, 0.4) is 0 Å². The third-order valence-corrected chi connectivity index (χ3v) is 2.71. The molecule has 2 rings (SSSR count). The van der Waals surface area contributed by atoms with Crippen molar-refractivity contribution in [3.63, 3.8) is 0 Å². The molecule has 0 aliphatic heterocycles. The van der Waals surface area contributed by atoms with Gasteiger partial charge >= 0.3 is 12.1 Å². The van der Waals surface area contributed by atoms with Gasteiger partial charge in [-0.15, -0.1) is 0 Å². The Labute approximate surface area is 104 Å². The number of fused-ring (bicyclic) bond motifs is 1. The summed E-state index contributed by atoms with van der Waals surface area (Å²) >= 11 is 5.65. The SMILES string of the molecule is O=C(O)c1nc2ccccc2c(Cl)c1C(F)(F)F. The van der Waals surface area contributed by atoms with Gasteiger partial charge in [-0.25, -0.2) is 9.78 Å². The molecule has 1 aromatic carbocycles. The summed E-state index contributed by atoms with van der Waals surface area (Å²) in [6, 6.07) is 5.78. The molecule has 0 atom stereocenters. The summed E-state index contributed by atoms with van der Waals surface area (Å²) in [6.07, 6.45) is -4.87. The Hall–Kier alpha value is -1.82. The van der Waals surface area contributed by atoms with Crippen molar-refractivity contribution >= 4 is 28.5 Å². The molecule has 7 heteroatoms. The van der Waals surface area contributed by atoms with Crippen LogP contribution in [0.25, 0.3) is 10.9 Å². The second-order valence-corrected chi connectivity index (χ2v) is 3.85. The lowest BCUT2D eigenvalue weighted by atomic mass is 10.1. The van der Waals surface area contributed by atoms with Gasteiger partial charge in [-0.05, 0) is 6.07 Å².